The van der Waals surface area contributed by atoms with E-state index >= 15 is 0 Å². The van der Waals surface area contributed by atoms with Crippen molar-refractivity contribution in [3.8, 4) is 11.5 Å². The van der Waals surface area contributed by atoms with E-state index in [1.165, 1.54) is 0 Å². The molecule has 27 heavy (non-hydrogen) atoms. The predicted molar refractivity (Wildman–Crippen MR) is 96.7 cm³/mol. The van der Waals surface area contributed by atoms with Gasteiger partial charge in [-0.25, -0.2) is 4.79 Å². The Hall–Kier alpha value is -2.90. The van der Waals surface area contributed by atoms with Gasteiger partial charge in [0.05, 0.1) is 0 Å². The Morgan fingerprint density at radius 3 is 2.48 bits per heavy atom. The molecule has 1 saturated carbocycles. The quantitative estimate of drug-likeness (QED) is 0.847. The molecule has 1 aromatic carbocycles. The van der Waals surface area contributed by atoms with Crippen LogP contribution in [0.15, 0.2) is 39.5 Å². The summed E-state index contributed by atoms with van der Waals surface area (Å²) in [7, 11) is 0. The number of piperidine rings is 1. The standard InChI is InChI=1S/C19H22N4O4/c24-16(20-15-8-10-22(11-9-15)18(25)14-6-7-14)12-23-19(26)27-17(21-23)13-4-2-1-3-5-13/h1-5,14-15H,6-12H2,(H,20,24). The molecule has 1 aliphatic heterocycles. The number of nitrogens with zero attached hydrogens (tertiary/aromatic N) is 3. The molecule has 0 spiro atoms. The van der Waals surface area contributed by atoms with Crippen LogP contribution < -0.4 is 11.1 Å². The summed E-state index contributed by atoms with van der Waals surface area (Å²) < 4.78 is 6.16. The molecule has 8 nitrogen and oxygen atoms in total. The minimum Gasteiger partial charge on any atom is -0.388 e. The lowest BCUT2D eigenvalue weighted by Crippen LogP contribution is -2.47. The van der Waals surface area contributed by atoms with Crippen LogP contribution in [0.5, 0.6) is 0 Å². The number of hydrogen-bond donors (Lipinski definition) is 1. The number of rotatable bonds is 5. The Balaban J connectivity index is 1.30. The topological polar surface area (TPSA) is 97.4 Å². The normalized spacial score (nSPS) is 17.7. The van der Waals surface area contributed by atoms with Crippen LogP contribution in [-0.4, -0.2) is 45.6 Å². The van der Waals surface area contributed by atoms with Gasteiger partial charge in [-0.1, -0.05) is 18.2 Å². The van der Waals surface area contributed by atoms with Crippen molar-refractivity contribution in [2.45, 2.75) is 38.3 Å². The summed E-state index contributed by atoms with van der Waals surface area (Å²) in [6.07, 6.45) is 3.47. The number of hydrogen-bond acceptors (Lipinski definition) is 5. The SMILES string of the molecule is O=C(Cn1nc(-c2ccccc2)oc1=O)NC1CCN(C(=O)C2CC2)CC1. The van der Waals surface area contributed by atoms with Crippen LogP contribution in [-0.2, 0) is 16.1 Å². The molecule has 1 saturated heterocycles. The first-order chi connectivity index (χ1) is 13.1. The van der Waals surface area contributed by atoms with Gasteiger partial charge in [0.2, 0.25) is 17.7 Å². The second kappa shape index (κ2) is 7.38. The van der Waals surface area contributed by atoms with E-state index in [2.05, 4.69) is 10.4 Å². The molecule has 2 aliphatic rings. The number of benzene rings is 1. The Morgan fingerprint density at radius 2 is 1.81 bits per heavy atom. The van der Waals surface area contributed by atoms with Crippen molar-refractivity contribution in [3.05, 3.63) is 40.9 Å². The maximum absolute atomic E-state index is 12.3. The molecule has 4 rings (SSSR count). The third kappa shape index (κ3) is 4.10. The fraction of sp³-hybridized carbons (Fsp3) is 0.474. The first-order valence-electron chi connectivity index (χ1n) is 9.31. The molecule has 0 atom stereocenters. The molecule has 2 fully saturated rings. The second-order valence-corrected chi connectivity index (χ2v) is 7.14. The van der Waals surface area contributed by atoms with Crippen molar-refractivity contribution < 1.29 is 14.0 Å². The average Bonchev–Trinajstić information content (AvgIpc) is 3.47. The van der Waals surface area contributed by atoms with Crippen LogP contribution in [0.3, 0.4) is 0 Å². The van der Waals surface area contributed by atoms with E-state index in [1.807, 2.05) is 23.1 Å². The fourth-order valence-corrected chi connectivity index (χ4v) is 3.35. The smallest absolute Gasteiger partial charge is 0.388 e. The minimum absolute atomic E-state index is 0.0111. The maximum Gasteiger partial charge on any atom is 0.437 e. The summed E-state index contributed by atoms with van der Waals surface area (Å²) in [5, 5.41) is 7.03. The van der Waals surface area contributed by atoms with Gasteiger partial charge < -0.3 is 14.6 Å². The van der Waals surface area contributed by atoms with Crippen molar-refractivity contribution in [1.82, 2.24) is 20.0 Å². The molecule has 0 bridgehead atoms. The van der Waals surface area contributed by atoms with Gasteiger partial charge in [0.25, 0.3) is 0 Å². The van der Waals surface area contributed by atoms with Crippen LogP contribution in [0.4, 0.5) is 0 Å². The number of likely N-dealkylation sites (tertiary alicyclic amines) is 1. The zero-order valence-corrected chi connectivity index (χ0v) is 15.0. The van der Waals surface area contributed by atoms with Crippen LogP contribution in [0.1, 0.15) is 25.7 Å². The molecule has 1 aliphatic carbocycles. The molecule has 1 N–H and O–H groups in total. The molecule has 0 radical (unpaired) electrons. The Kier molecular flexibility index (Phi) is 4.79. The molecule has 0 unspecified atom stereocenters. The highest BCUT2D eigenvalue weighted by molar-refractivity contribution is 5.81. The van der Waals surface area contributed by atoms with Gasteiger partial charge in [-0.3, -0.25) is 9.59 Å². The maximum atomic E-state index is 12.3. The van der Waals surface area contributed by atoms with Crippen molar-refractivity contribution in [2.24, 2.45) is 5.92 Å². The van der Waals surface area contributed by atoms with Crippen LogP contribution in [0.25, 0.3) is 11.5 Å². The lowest BCUT2D eigenvalue weighted by atomic mass is 10.0. The highest BCUT2D eigenvalue weighted by Crippen LogP contribution is 2.31. The predicted octanol–water partition coefficient (Wildman–Crippen LogP) is 1.02. The largest absolute Gasteiger partial charge is 0.437 e. The zero-order valence-electron chi connectivity index (χ0n) is 15.0. The van der Waals surface area contributed by atoms with E-state index in [-0.39, 0.29) is 36.2 Å². The summed E-state index contributed by atoms with van der Waals surface area (Å²) in [4.78, 5) is 38.2. The summed E-state index contributed by atoms with van der Waals surface area (Å²) in [5.74, 6) is -0.262. The van der Waals surface area contributed by atoms with Crippen LogP contribution >= 0.6 is 0 Å². The average molecular weight is 370 g/mol. The molecular formula is C19H22N4O4. The molecule has 142 valence electrons. The van der Waals surface area contributed by atoms with E-state index in [1.54, 1.807) is 12.1 Å². The van der Waals surface area contributed by atoms with Gasteiger partial charge in [-0.05, 0) is 37.8 Å². The molecular weight excluding hydrogens is 348 g/mol. The minimum atomic E-state index is -0.658. The number of carbonyl (C=O) groups is 2. The van der Waals surface area contributed by atoms with Gasteiger partial charge in [0.15, 0.2) is 0 Å². The highest BCUT2D eigenvalue weighted by atomic mass is 16.4. The van der Waals surface area contributed by atoms with Crippen molar-refractivity contribution >= 4 is 11.8 Å². The summed E-state index contributed by atoms with van der Waals surface area (Å²) >= 11 is 0. The van der Waals surface area contributed by atoms with E-state index in [0.717, 1.165) is 30.4 Å². The molecule has 2 heterocycles. The van der Waals surface area contributed by atoms with E-state index in [9.17, 15) is 14.4 Å². The fourth-order valence-electron chi connectivity index (χ4n) is 3.35. The van der Waals surface area contributed by atoms with Crippen LogP contribution in [0, 0.1) is 5.92 Å². The van der Waals surface area contributed by atoms with Crippen LogP contribution in [0.2, 0.25) is 0 Å². The number of carbonyl (C=O) groups excluding carboxylic acids is 2. The second-order valence-electron chi connectivity index (χ2n) is 7.14. The van der Waals surface area contributed by atoms with E-state index in [0.29, 0.717) is 18.7 Å². The summed E-state index contributed by atoms with van der Waals surface area (Å²) in [6, 6.07) is 9.08. The Morgan fingerprint density at radius 1 is 1.11 bits per heavy atom. The van der Waals surface area contributed by atoms with Gasteiger partial charge >= 0.3 is 5.76 Å². The Bertz CT molecular complexity index is 877. The first kappa shape index (κ1) is 17.5. The van der Waals surface area contributed by atoms with Gasteiger partial charge in [0.1, 0.15) is 6.54 Å². The van der Waals surface area contributed by atoms with Crippen molar-refractivity contribution in [2.75, 3.05) is 13.1 Å². The zero-order chi connectivity index (χ0) is 18.8. The monoisotopic (exact) mass is 370 g/mol. The van der Waals surface area contributed by atoms with Gasteiger partial charge in [-0.15, -0.1) is 5.10 Å². The molecule has 8 heteroatoms. The number of nitrogens with one attached hydrogen (secondary N) is 1. The first-order valence-corrected chi connectivity index (χ1v) is 9.31. The third-order valence-electron chi connectivity index (χ3n) is 5.02. The van der Waals surface area contributed by atoms with Gasteiger partial charge in [0, 0.05) is 30.6 Å². The highest BCUT2D eigenvalue weighted by Gasteiger charge is 2.35. The molecule has 1 aromatic heterocycles. The Labute approximate surface area is 156 Å². The van der Waals surface area contributed by atoms with E-state index < -0.39 is 5.76 Å². The lowest BCUT2D eigenvalue weighted by molar-refractivity contribution is -0.133. The number of aromatic nitrogens is 2. The molecule has 2 amide bonds. The van der Waals surface area contributed by atoms with Crippen molar-refractivity contribution in [1.29, 1.82) is 0 Å². The molecule has 2 aromatic rings. The number of amides is 2. The summed E-state index contributed by atoms with van der Waals surface area (Å²) in [6.45, 7) is 1.15. The van der Waals surface area contributed by atoms with Gasteiger partial charge in [-0.2, -0.15) is 4.68 Å². The summed E-state index contributed by atoms with van der Waals surface area (Å²) in [5.41, 5.74) is 0.682. The van der Waals surface area contributed by atoms with Crippen molar-refractivity contribution in [3.63, 3.8) is 0 Å². The third-order valence-corrected chi connectivity index (χ3v) is 5.02. The lowest BCUT2D eigenvalue weighted by Gasteiger charge is -2.32. The van der Waals surface area contributed by atoms with E-state index in [4.69, 9.17) is 4.42 Å².